The molecule has 2 aromatic carbocycles. The first-order valence-corrected chi connectivity index (χ1v) is 9.34. The van der Waals surface area contributed by atoms with Crippen molar-refractivity contribution in [3.63, 3.8) is 0 Å². The van der Waals surface area contributed by atoms with Gasteiger partial charge in [0.2, 0.25) is 0 Å². The molecule has 150 valence electrons. The number of benzene rings is 2. The molecule has 0 saturated carbocycles. The minimum absolute atomic E-state index is 0.0985. The van der Waals surface area contributed by atoms with Crippen molar-refractivity contribution in [3.8, 4) is 17.6 Å². The molecule has 0 fully saturated rings. The van der Waals surface area contributed by atoms with Crippen LogP contribution < -0.4 is 14.8 Å². The number of nitrogens with zero attached hydrogens (tertiary/aromatic N) is 1. The molecule has 0 saturated heterocycles. The smallest absolute Gasteiger partial charge is 0.338 e. The van der Waals surface area contributed by atoms with Crippen LogP contribution in [0.15, 0.2) is 46.4 Å². The van der Waals surface area contributed by atoms with E-state index in [-0.39, 0.29) is 12.2 Å². The van der Waals surface area contributed by atoms with Gasteiger partial charge in [-0.1, -0.05) is 0 Å². The Morgan fingerprint density at radius 2 is 1.86 bits per heavy atom. The van der Waals surface area contributed by atoms with Crippen molar-refractivity contribution < 1.29 is 23.8 Å². The van der Waals surface area contributed by atoms with Crippen molar-refractivity contribution >= 4 is 39.6 Å². The van der Waals surface area contributed by atoms with E-state index in [0.29, 0.717) is 32.8 Å². The number of nitriles is 1. The average Bonchev–Trinajstić information content (AvgIpc) is 2.72. The van der Waals surface area contributed by atoms with Crippen LogP contribution in [0.25, 0.3) is 6.08 Å². The molecule has 7 nitrogen and oxygen atoms in total. The summed E-state index contributed by atoms with van der Waals surface area (Å²) >= 11 is 3.38. The zero-order valence-electron chi connectivity index (χ0n) is 16.1. The summed E-state index contributed by atoms with van der Waals surface area (Å²) in [4.78, 5) is 24.1. The lowest BCUT2D eigenvalue weighted by Crippen LogP contribution is -2.13. The molecule has 0 aromatic heterocycles. The van der Waals surface area contributed by atoms with Crippen LogP contribution >= 0.6 is 15.9 Å². The van der Waals surface area contributed by atoms with Crippen LogP contribution in [0.3, 0.4) is 0 Å². The van der Waals surface area contributed by atoms with Gasteiger partial charge in [0, 0.05) is 5.69 Å². The molecule has 2 aromatic rings. The van der Waals surface area contributed by atoms with Gasteiger partial charge in [0.15, 0.2) is 11.5 Å². The fourth-order valence-electron chi connectivity index (χ4n) is 2.44. The Morgan fingerprint density at radius 3 is 2.41 bits per heavy atom. The van der Waals surface area contributed by atoms with E-state index in [1.165, 1.54) is 32.4 Å². The summed E-state index contributed by atoms with van der Waals surface area (Å²) in [6.45, 7) is 2.00. The number of esters is 1. The number of nitrogens with one attached hydrogen (secondary N) is 1. The third-order valence-electron chi connectivity index (χ3n) is 3.79. The molecule has 2 rings (SSSR count). The van der Waals surface area contributed by atoms with Crippen molar-refractivity contribution in [2.45, 2.75) is 6.92 Å². The van der Waals surface area contributed by atoms with E-state index in [0.717, 1.165) is 0 Å². The standard InChI is InChI=1S/C21H19BrN2O5/c1-4-29-21(26)14-5-7-16(8-6-14)24-20(25)15(12-23)9-13-10-17(22)19(28-3)18(11-13)27-2/h5-11H,4H2,1-3H3,(H,24,25)/b15-9+. The maximum atomic E-state index is 12.5. The third-order valence-corrected chi connectivity index (χ3v) is 4.37. The van der Waals surface area contributed by atoms with E-state index < -0.39 is 11.9 Å². The Morgan fingerprint density at radius 1 is 1.17 bits per heavy atom. The molecule has 0 bridgehead atoms. The second kappa shape index (κ2) is 10.3. The van der Waals surface area contributed by atoms with E-state index in [1.807, 2.05) is 6.07 Å². The zero-order valence-corrected chi connectivity index (χ0v) is 17.7. The molecular formula is C21H19BrN2O5. The predicted octanol–water partition coefficient (Wildman–Crippen LogP) is 4.19. The first-order chi connectivity index (χ1) is 13.9. The van der Waals surface area contributed by atoms with Gasteiger partial charge in [-0.05, 0) is 70.9 Å². The molecule has 0 heterocycles. The number of methoxy groups -OCH3 is 2. The fourth-order valence-corrected chi connectivity index (χ4v) is 3.06. The lowest BCUT2D eigenvalue weighted by atomic mass is 10.1. The second-order valence-electron chi connectivity index (χ2n) is 5.66. The monoisotopic (exact) mass is 458 g/mol. The average molecular weight is 459 g/mol. The Kier molecular flexibility index (Phi) is 7.80. The van der Waals surface area contributed by atoms with E-state index in [1.54, 1.807) is 31.2 Å². The van der Waals surface area contributed by atoms with Crippen LogP contribution in [0.4, 0.5) is 5.69 Å². The minimum atomic E-state index is -0.581. The highest BCUT2D eigenvalue weighted by atomic mass is 79.9. The highest BCUT2D eigenvalue weighted by Gasteiger charge is 2.14. The van der Waals surface area contributed by atoms with Gasteiger partial charge in [0.25, 0.3) is 5.91 Å². The molecule has 0 unspecified atom stereocenters. The van der Waals surface area contributed by atoms with Crippen LogP contribution in [-0.4, -0.2) is 32.7 Å². The molecule has 1 N–H and O–H groups in total. The molecule has 29 heavy (non-hydrogen) atoms. The quantitative estimate of drug-likeness (QED) is 0.379. The lowest BCUT2D eigenvalue weighted by Gasteiger charge is -2.11. The number of halogens is 1. The van der Waals surface area contributed by atoms with Gasteiger partial charge in [0.05, 0.1) is 30.9 Å². The van der Waals surface area contributed by atoms with Gasteiger partial charge in [-0.3, -0.25) is 4.79 Å². The van der Waals surface area contributed by atoms with Crippen molar-refractivity contribution in [2.75, 3.05) is 26.1 Å². The number of rotatable bonds is 7. The van der Waals surface area contributed by atoms with Gasteiger partial charge < -0.3 is 19.5 Å². The van der Waals surface area contributed by atoms with E-state index in [9.17, 15) is 14.9 Å². The summed E-state index contributed by atoms with van der Waals surface area (Å²) in [5.41, 5.74) is 1.30. The number of carbonyl (C=O) groups excluding carboxylic acids is 2. The summed E-state index contributed by atoms with van der Waals surface area (Å²) in [7, 11) is 3.01. The first kappa shape index (κ1) is 22.0. The second-order valence-corrected chi connectivity index (χ2v) is 6.51. The first-order valence-electron chi connectivity index (χ1n) is 8.55. The summed E-state index contributed by atoms with van der Waals surface area (Å²) in [6.07, 6.45) is 1.44. The number of anilines is 1. The molecule has 0 aliphatic carbocycles. The maximum Gasteiger partial charge on any atom is 0.338 e. The highest BCUT2D eigenvalue weighted by Crippen LogP contribution is 2.36. The van der Waals surface area contributed by atoms with E-state index in [4.69, 9.17) is 14.2 Å². The zero-order chi connectivity index (χ0) is 21.4. The topological polar surface area (TPSA) is 97.7 Å². The van der Waals surface area contributed by atoms with Crippen LogP contribution in [-0.2, 0) is 9.53 Å². The molecule has 1 amide bonds. The van der Waals surface area contributed by atoms with Crippen molar-refractivity contribution in [1.82, 2.24) is 0 Å². The lowest BCUT2D eigenvalue weighted by molar-refractivity contribution is -0.112. The highest BCUT2D eigenvalue weighted by molar-refractivity contribution is 9.10. The Hall–Kier alpha value is -3.31. The van der Waals surface area contributed by atoms with Crippen molar-refractivity contribution in [2.24, 2.45) is 0 Å². The molecular weight excluding hydrogens is 440 g/mol. The Bertz CT molecular complexity index is 978. The minimum Gasteiger partial charge on any atom is -0.493 e. The third kappa shape index (κ3) is 5.59. The summed E-state index contributed by atoms with van der Waals surface area (Å²) in [5, 5.41) is 12.0. The van der Waals surface area contributed by atoms with Gasteiger partial charge in [-0.15, -0.1) is 0 Å². The van der Waals surface area contributed by atoms with Gasteiger partial charge in [-0.25, -0.2) is 4.79 Å². The number of carbonyl (C=O) groups is 2. The van der Waals surface area contributed by atoms with Gasteiger partial charge >= 0.3 is 5.97 Å². The SMILES string of the molecule is CCOC(=O)c1ccc(NC(=O)/C(C#N)=C/c2cc(Br)c(OC)c(OC)c2)cc1. The maximum absolute atomic E-state index is 12.5. The fraction of sp³-hybridized carbons (Fsp3) is 0.190. The number of ether oxygens (including phenoxy) is 3. The molecule has 0 atom stereocenters. The van der Waals surface area contributed by atoms with E-state index in [2.05, 4.69) is 21.2 Å². The molecule has 8 heteroatoms. The van der Waals surface area contributed by atoms with Gasteiger partial charge in [-0.2, -0.15) is 5.26 Å². The predicted molar refractivity (Wildman–Crippen MR) is 112 cm³/mol. The van der Waals surface area contributed by atoms with Crippen LogP contribution in [0.5, 0.6) is 11.5 Å². The normalized spacial score (nSPS) is 10.7. The van der Waals surface area contributed by atoms with E-state index >= 15 is 0 Å². The molecule has 0 aliphatic heterocycles. The van der Waals surface area contributed by atoms with Crippen molar-refractivity contribution in [3.05, 3.63) is 57.6 Å². The number of amides is 1. The molecule has 0 radical (unpaired) electrons. The molecule has 0 aliphatic rings. The van der Waals surface area contributed by atoms with Crippen molar-refractivity contribution in [1.29, 1.82) is 5.26 Å². The summed E-state index contributed by atoms with van der Waals surface area (Å²) in [6, 6.07) is 11.4. The number of hydrogen-bond acceptors (Lipinski definition) is 6. The molecule has 0 spiro atoms. The summed E-state index contributed by atoms with van der Waals surface area (Å²) < 4.78 is 16.1. The summed E-state index contributed by atoms with van der Waals surface area (Å²) in [5.74, 6) is -0.0565. The van der Waals surface area contributed by atoms with Gasteiger partial charge in [0.1, 0.15) is 11.6 Å². The Labute approximate surface area is 177 Å². The van der Waals surface area contributed by atoms with Crippen LogP contribution in [0, 0.1) is 11.3 Å². The largest absolute Gasteiger partial charge is 0.493 e. The Balaban J connectivity index is 2.22. The van der Waals surface area contributed by atoms with Crippen LogP contribution in [0.1, 0.15) is 22.8 Å². The van der Waals surface area contributed by atoms with Crippen LogP contribution in [0.2, 0.25) is 0 Å². The number of hydrogen-bond donors (Lipinski definition) is 1.